The lowest BCUT2D eigenvalue weighted by Crippen LogP contribution is -2.47. The van der Waals surface area contributed by atoms with E-state index < -0.39 is 6.10 Å². The molecule has 2 aromatic rings. The number of nitrogens with one attached hydrogen (secondary N) is 2. The molecule has 3 heterocycles. The number of aliphatic hydroxyl groups is 1. The highest BCUT2D eigenvalue weighted by molar-refractivity contribution is 5.93. The summed E-state index contributed by atoms with van der Waals surface area (Å²) in [6.45, 7) is 0.245. The molecule has 0 bridgehead atoms. The summed E-state index contributed by atoms with van der Waals surface area (Å²) in [6, 6.07) is 9.41. The first-order chi connectivity index (χ1) is 16.1. The molecule has 0 unspecified atom stereocenters. The van der Waals surface area contributed by atoms with E-state index in [4.69, 9.17) is 9.47 Å². The van der Waals surface area contributed by atoms with E-state index in [1.54, 1.807) is 12.4 Å². The van der Waals surface area contributed by atoms with E-state index in [1.165, 1.54) is 0 Å². The van der Waals surface area contributed by atoms with Crippen LogP contribution in [0.5, 0.6) is 5.75 Å². The van der Waals surface area contributed by atoms with E-state index in [-0.39, 0.29) is 48.9 Å². The first kappa shape index (κ1) is 21.9. The van der Waals surface area contributed by atoms with Crippen LogP contribution in [-0.2, 0) is 20.9 Å². The summed E-state index contributed by atoms with van der Waals surface area (Å²) >= 11 is 0. The van der Waals surface area contributed by atoms with E-state index >= 15 is 0 Å². The third-order valence-corrected chi connectivity index (χ3v) is 6.89. The van der Waals surface area contributed by atoms with Gasteiger partial charge in [0.2, 0.25) is 11.8 Å². The summed E-state index contributed by atoms with van der Waals surface area (Å²) in [4.78, 5) is 28.9. The van der Waals surface area contributed by atoms with Crippen LogP contribution in [0.25, 0.3) is 0 Å². The second kappa shape index (κ2) is 9.49. The molecule has 5 rings (SSSR count). The Bertz CT molecular complexity index is 1010. The fraction of sp³-hybridized carbons (Fsp3) is 0.480. The van der Waals surface area contributed by atoms with Gasteiger partial charge in [0.1, 0.15) is 18.0 Å². The number of carbonyl (C=O) groups excluding carboxylic acids is 2. The summed E-state index contributed by atoms with van der Waals surface area (Å²) < 4.78 is 12.1. The number of hydrogen-bond donors (Lipinski definition) is 3. The van der Waals surface area contributed by atoms with Gasteiger partial charge in [-0.3, -0.25) is 14.6 Å². The fourth-order valence-corrected chi connectivity index (χ4v) is 4.86. The van der Waals surface area contributed by atoms with Gasteiger partial charge in [0, 0.05) is 42.0 Å². The summed E-state index contributed by atoms with van der Waals surface area (Å²) in [5, 5.41) is 15.9. The summed E-state index contributed by atoms with van der Waals surface area (Å²) in [7, 11) is 0. The lowest BCUT2D eigenvalue weighted by atomic mass is 9.83. The van der Waals surface area contributed by atoms with Crippen LogP contribution in [0.1, 0.15) is 49.1 Å². The lowest BCUT2D eigenvalue weighted by Gasteiger charge is -2.37. The Kier molecular flexibility index (Phi) is 6.28. The number of ether oxygens (including phenoxy) is 2. The van der Waals surface area contributed by atoms with Gasteiger partial charge in [-0.25, -0.2) is 0 Å². The number of hydrogen-bond acceptors (Lipinski definition) is 6. The highest BCUT2D eigenvalue weighted by Crippen LogP contribution is 2.47. The van der Waals surface area contributed by atoms with Crippen LogP contribution >= 0.6 is 0 Å². The van der Waals surface area contributed by atoms with E-state index in [2.05, 4.69) is 15.6 Å². The Labute approximate surface area is 192 Å². The second-order valence-electron chi connectivity index (χ2n) is 9.11. The number of aromatic nitrogens is 1. The molecule has 2 amide bonds. The molecule has 33 heavy (non-hydrogen) atoms. The molecule has 0 radical (unpaired) electrons. The van der Waals surface area contributed by atoms with E-state index in [0.29, 0.717) is 13.0 Å². The van der Waals surface area contributed by atoms with Crippen molar-refractivity contribution in [3.8, 4) is 5.75 Å². The molecule has 1 aromatic heterocycles. The average Bonchev–Trinajstić information content (AvgIpc) is 3.14. The van der Waals surface area contributed by atoms with Crippen molar-refractivity contribution in [2.75, 3.05) is 11.9 Å². The molecule has 3 N–H and O–H groups in total. The number of amides is 2. The first-order valence-corrected chi connectivity index (χ1v) is 11.6. The average molecular weight is 452 g/mol. The molecule has 2 aliphatic heterocycles. The van der Waals surface area contributed by atoms with Crippen molar-refractivity contribution in [1.29, 1.82) is 0 Å². The predicted molar refractivity (Wildman–Crippen MR) is 121 cm³/mol. The van der Waals surface area contributed by atoms with Crippen molar-refractivity contribution in [2.24, 2.45) is 5.92 Å². The first-order valence-electron chi connectivity index (χ1n) is 11.6. The van der Waals surface area contributed by atoms with Crippen LogP contribution in [0, 0.1) is 5.92 Å². The molecular weight excluding hydrogens is 422 g/mol. The molecule has 1 aromatic carbocycles. The van der Waals surface area contributed by atoms with E-state index in [0.717, 1.165) is 41.8 Å². The van der Waals surface area contributed by atoms with Crippen molar-refractivity contribution in [1.82, 2.24) is 10.3 Å². The standard InChI is InChI=1S/C25H29N3O5/c29-14-22-24-20(11-18(32-22)12-23(30)27-13-15-6-8-26-9-7-15)19-10-17(4-5-21(19)33-24)28-25(31)16-2-1-3-16/h4-10,16,18,20,22,24,29H,1-3,11-14H2,(H,27,30)(H,28,31)/t18-,20-,22+,24+/m1/s1. The number of nitrogens with zero attached hydrogens (tertiary/aromatic N) is 1. The molecule has 0 spiro atoms. The second-order valence-corrected chi connectivity index (χ2v) is 9.11. The number of fused-ring (bicyclic) bond motifs is 3. The molecule has 8 heteroatoms. The highest BCUT2D eigenvalue weighted by Gasteiger charge is 2.46. The largest absolute Gasteiger partial charge is 0.487 e. The molecule has 4 atom stereocenters. The normalized spacial score (nSPS) is 25.8. The maximum atomic E-state index is 12.5. The number of benzene rings is 1. The van der Waals surface area contributed by atoms with Gasteiger partial charge < -0.3 is 25.2 Å². The molecule has 8 nitrogen and oxygen atoms in total. The zero-order valence-electron chi connectivity index (χ0n) is 18.4. The van der Waals surface area contributed by atoms with Gasteiger partial charge in [0.25, 0.3) is 0 Å². The zero-order valence-corrected chi connectivity index (χ0v) is 18.4. The molecule has 1 saturated heterocycles. The van der Waals surface area contributed by atoms with Crippen molar-refractivity contribution < 1.29 is 24.2 Å². The van der Waals surface area contributed by atoms with Crippen LogP contribution in [-0.4, -0.2) is 46.8 Å². The summed E-state index contributed by atoms with van der Waals surface area (Å²) in [5.41, 5.74) is 2.73. The van der Waals surface area contributed by atoms with Crippen LogP contribution in [0.15, 0.2) is 42.7 Å². The SMILES string of the molecule is O=C(C[C@H]1C[C@@H]2c3cc(NC(=O)C4CCC4)ccc3O[C@@H]2[C@H](CO)O1)NCc1ccncc1. The molecule has 2 fully saturated rings. The van der Waals surface area contributed by atoms with Gasteiger partial charge in [0.15, 0.2) is 0 Å². The quantitative estimate of drug-likeness (QED) is 0.597. The monoisotopic (exact) mass is 451 g/mol. The Balaban J connectivity index is 1.25. The van der Waals surface area contributed by atoms with Gasteiger partial charge in [-0.1, -0.05) is 6.42 Å². The van der Waals surface area contributed by atoms with Crippen molar-refractivity contribution >= 4 is 17.5 Å². The number of carbonyl (C=O) groups is 2. The maximum Gasteiger partial charge on any atom is 0.227 e. The minimum absolute atomic E-state index is 0.00977. The van der Waals surface area contributed by atoms with Crippen LogP contribution in [0.4, 0.5) is 5.69 Å². The summed E-state index contributed by atoms with van der Waals surface area (Å²) in [5.74, 6) is 0.813. The van der Waals surface area contributed by atoms with Crippen molar-refractivity contribution in [3.63, 3.8) is 0 Å². The zero-order chi connectivity index (χ0) is 22.8. The molecule has 3 aliphatic rings. The predicted octanol–water partition coefficient (Wildman–Crippen LogP) is 2.52. The van der Waals surface area contributed by atoms with Gasteiger partial charge in [-0.2, -0.15) is 0 Å². The smallest absolute Gasteiger partial charge is 0.227 e. The van der Waals surface area contributed by atoms with Gasteiger partial charge >= 0.3 is 0 Å². The molecule has 174 valence electrons. The topological polar surface area (TPSA) is 110 Å². The minimum Gasteiger partial charge on any atom is -0.487 e. The fourth-order valence-electron chi connectivity index (χ4n) is 4.86. The Morgan fingerprint density at radius 1 is 1.15 bits per heavy atom. The number of anilines is 1. The number of rotatable bonds is 7. The minimum atomic E-state index is -0.512. The van der Waals surface area contributed by atoms with Gasteiger partial charge in [-0.05, 0) is 55.2 Å². The van der Waals surface area contributed by atoms with Crippen LogP contribution < -0.4 is 15.4 Å². The highest BCUT2D eigenvalue weighted by atomic mass is 16.6. The third-order valence-electron chi connectivity index (χ3n) is 6.89. The van der Waals surface area contributed by atoms with Crippen molar-refractivity contribution in [2.45, 2.75) is 62.9 Å². The Morgan fingerprint density at radius 2 is 1.97 bits per heavy atom. The lowest BCUT2D eigenvalue weighted by molar-refractivity contribution is -0.142. The molecular formula is C25H29N3O5. The van der Waals surface area contributed by atoms with E-state index in [9.17, 15) is 14.7 Å². The van der Waals surface area contributed by atoms with Gasteiger partial charge in [0.05, 0.1) is 19.1 Å². The Hall–Kier alpha value is -2.97. The number of pyridine rings is 1. The number of aliphatic hydroxyl groups excluding tert-OH is 1. The summed E-state index contributed by atoms with van der Waals surface area (Å²) in [6.07, 6.45) is 6.06. The van der Waals surface area contributed by atoms with Crippen LogP contribution in [0.2, 0.25) is 0 Å². The Morgan fingerprint density at radius 3 is 2.70 bits per heavy atom. The van der Waals surface area contributed by atoms with Crippen LogP contribution in [0.3, 0.4) is 0 Å². The van der Waals surface area contributed by atoms with Gasteiger partial charge in [-0.15, -0.1) is 0 Å². The van der Waals surface area contributed by atoms with E-state index in [1.807, 2.05) is 30.3 Å². The third kappa shape index (κ3) is 4.72. The molecule has 1 aliphatic carbocycles. The van der Waals surface area contributed by atoms with Crippen molar-refractivity contribution in [3.05, 3.63) is 53.9 Å². The maximum absolute atomic E-state index is 12.5. The molecule has 1 saturated carbocycles.